The van der Waals surface area contributed by atoms with Crippen LogP contribution in [0.25, 0.3) is 0 Å². The van der Waals surface area contributed by atoms with Gasteiger partial charge in [0, 0.05) is 18.8 Å². The van der Waals surface area contributed by atoms with E-state index < -0.39 is 5.60 Å². The highest BCUT2D eigenvalue weighted by molar-refractivity contribution is 5.93. The molecule has 2 aliphatic rings. The molecule has 0 unspecified atom stereocenters. The van der Waals surface area contributed by atoms with Crippen molar-refractivity contribution in [2.24, 2.45) is 5.92 Å². The summed E-state index contributed by atoms with van der Waals surface area (Å²) < 4.78 is 5.55. The molecule has 0 spiro atoms. The average molecular weight is 304 g/mol. The Balaban J connectivity index is 1.48. The van der Waals surface area contributed by atoms with Crippen molar-refractivity contribution in [3.8, 4) is 5.88 Å². The number of hydrogen-bond acceptors (Lipinski definition) is 4. The third-order valence-electron chi connectivity index (χ3n) is 4.52. The maximum atomic E-state index is 12.1. The molecule has 1 amide bonds. The molecule has 0 bridgehead atoms. The molecule has 2 saturated carbocycles. The minimum atomic E-state index is -0.741. The van der Waals surface area contributed by atoms with Crippen LogP contribution >= 0.6 is 0 Å². The first-order valence-corrected chi connectivity index (χ1v) is 8.24. The van der Waals surface area contributed by atoms with Gasteiger partial charge in [0.25, 0.3) is 5.91 Å². The van der Waals surface area contributed by atoms with Gasteiger partial charge in [0.05, 0.1) is 17.8 Å². The Morgan fingerprint density at radius 3 is 2.73 bits per heavy atom. The van der Waals surface area contributed by atoms with Crippen LogP contribution in [0.4, 0.5) is 0 Å². The van der Waals surface area contributed by atoms with Crippen molar-refractivity contribution >= 4 is 5.91 Å². The van der Waals surface area contributed by atoms with Crippen molar-refractivity contribution in [3.63, 3.8) is 0 Å². The third kappa shape index (κ3) is 4.19. The Bertz CT molecular complexity index is 505. The second kappa shape index (κ2) is 6.65. The molecular weight excluding hydrogens is 280 g/mol. The van der Waals surface area contributed by atoms with Gasteiger partial charge in [0.1, 0.15) is 0 Å². The van der Waals surface area contributed by atoms with E-state index in [1.54, 1.807) is 12.1 Å². The zero-order valence-electron chi connectivity index (χ0n) is 12.9. The molecule has 0 aromatic carbocycles. The number of nitrogens with one attached hydrogen (secondary N) is 1. The van der Waals surface area contributed by atoms with Crippen molar-refractivity contribution in [3.05, 3.63) is 23.9 Å². The van der Waals surface area contributed by atoms with E-state index in [0.717, 1.165) is 25.7 Å². The summed E-state index contributed by atoms with van der Waals surface area (Å²) in [5.74, 6) is 1.05. The zero-order valence-corrected chi connectivity index (χ0v) is 12.9. The first-order valence-electron chi connectivity index (χ1n) is 8.24. The van der Waals surface area contributed by atoms with Gasteiger partial charge in [-0.05, 0) is 37.7 Å². The van der Waals surface area contributed by atoms with Gasteiger partial charge in [-0.3, -0.25) is 4.79 Å². The van der Waals surface area contributed by atoms with Gasteiger partial charge in [-0.15, -0.1) is 0 Å². The van der Waals surface area contributed by atoms with Crippen LogP contribution in [-0.2, 0) is 0 Å². The summed E-state index contributed by atoms with van der Waals surface area (Å²) >= 11 is 0. The van der Waals surface area contributed by atoms with E-state index in [4.69, 9.17) is 4.74 Å². The van der Waals surface area contributed by atoms with E-state index in [1.807, 2.05) is 0 Å². The summed E-state index contributed by atoms with van der Waals surface area (Å²) in [5, 5.41) is 13.2. The number of nitrogens with zero attached hydrogens (tertiary/aromatic N) is 1. The second-order valence-electron chi connectivity index (χ2n) is 6.61. The van der Waals surface area contributed by atoms with E-state index in [2.05, 4.69) is 10.3 Å². The van der Waals surface area contributed by atoms with Crippen molar-refractivity contribution < 1.29 is 14.6 Å². The normalized spacial score (nSPS) is 20.4. The number of hydrogen-bond donors (Lipinski definition) is 2. The third-order valence-corrected chi connectivity index (χ3v) is 4.52. The maximum absolute atomic E-state index is 12.1. The van der Waals surface area contributed by atoms with Gasteiger partial charge in [-0.2, -0.15) is 0 Å². The largest absolute Gasteiger partial charge is 0.477 e. The van der Waals surface area contributed by atoms with Gasteiger partial charge in [-0.1, -0.05) is 19.3 Å². The molecule has 1 heterocycles. The van der Waals surface area contributed by atoms with Crippen LogP contribution in [0.2, 0.25) is 0 Å². The molecule has 3 rings (SSSR count). The number of carbonyl (C=O) groups is 1. The molecule has 2 aliphatic carbocycles. The maximum Gasteiger partial charge on any atom is 0.252 e. The van der Waals surface area contributed by atoms with E-state index in [9.17, 15) is 9.90 Å². The Morgan fingerprint density at radius 2 is 2.09 bits per heavy atom. The Labute approximate surface area is 131 Å². The summed E-state index contributed by atoms with van der Waals surface area (Å²) in [4.78, 5) is 16.3. The van der Waals surface area contributed by atoms with Crippen LogP contribution in [0.15, 0.2) is 18.3 Å². The van der Waals surface area contributed by atoms with Crippen molar-refractivity contribution in [1.82, 2.24) is 10.3 Å². The van der Waals surface area contributed by atoms with Gasteiger partial charge in [-0.25, -0.2) is 4.98 Å². The monoisotopic (exact) mass is 304 g/mol. The molecule has 120 valence electrons. The fourth-order valence-electron chi connectivity index (χ4n) is 2.82. The zero-order chi connectivity index (χ0) is 15.4. The summed E-state index contributed by atoms with van der Waals surface area (Å²) in [7, 11) is 0. The number of aliphatic hydroxyl groups is 1. The SMILES string of the molecule is O=C(NCC1(O)CCCCC1)c1ccc(OCC2CC2)nc1. The standard InChI is InChI=1S/C17H24N2O3/c20-16(19-12-17(21)8-2-1-3-9-17)14-6-7-15(18-10-14)22-11-13-4-5-13/h6-7,10,13,21H,1-5,8-9,11-12H2,(H,19,20). The van der Waals surface area contributed by atoms with Crippen LogP contribution in [0.3, 0.4) is 0 Å². The predicted octanol–water partition coefficient (Wildman–Crippen LogP) is 2.30. The summed E-state index contributed by atoms with van der Waals surface area (Å²) in [6.45, 7) is 1.03. The molecule has 0 aliphatic heterocycles. The van der Waals surface area contributed by atoms with Gasteiger partial charge in [0.15, 0.2) is 0 Å². The number of rotatable bonds is 6. The second-order valence-corrected chi connectivity index (χ2v) is 6.61. The number of amides is 1. The predicted molar refractivity (Wildman–Crippen MR) is 82.8 cm³/mol. The molecule has 2 fully saturated rings. The molecule has 22 heavy (non-hydrogen) atoms. The lowest BCUT2D eigenvalue weighted by Crippen LogP contribution is -2.44. The number of carbonyl (C=O) groups excluding carboxylic acids is 1. The van der Waals surface area contributed by atoms with Crippen LogP contribution in [0.5, 0.6) is 5.88 Å². The number of ether oxygens (including phenoxy) is 1. The smallest absolute Gasteiger partial charge is 0.252 e. The van der Waals surface area contributed by atoms with E-state index in [-0.39, 0.29) is 5.91 Å². The van der Waals surface area contributed by atoms with Crippen molar-refractivity contribution in [2.45, 2.75) is 50.5 Å². The fraction of sp³-hybridized carbons (Fsp3) is 0.647. The highest BCUT2D eigenvalue weighted by atomic mass is 16.5. The number of aromatic nitrogens is 1. The lowest BCUT2D eigenvalue weighted by Gasteiger charge is -2.32. The Kier molecular flexibility index (Phi) is 4.62. The highest BCUT2D eigenvalue weighted by Gasteiger charge is 2.29. The van der Waals surface area contributed by atoms with Crippen molar-refractivity contribution in [1.29, 1.82) is 0 Å². The topological polar surface area (TPSA) is 71.5 Å². The molecule has 1 aromatic heterocycles. The van der Waals surface area contributed by atoms with Gasteiger partial charge < -0.3 is 15.2 Å². The number of pyridine rings is 1. The molecule has 2 N–H and O–H groups in total. The first kappa shape index (κ1) is 15.3. The molecule has 1 aromatic rings. The summed E-state index contributed by atoms with van der Waals surface area (Å²) in [6, 6.07) is 3.45. The summed E-state index contributed by atoms with van der Waals surface area (Å²) in [6.07, 6.45) is 8.76. The summed E-state index contributed by atoms with van der Waals surface area (Å²) in [5.41, 5.74) is -0.243. The quantitative estimate of drug-likeness (QED) is 0.846. The van der Waals surface area contributed by atoms with Gasteiger partial charge >= 0.3 is 0 Å². The van der Waals surface area contributed by atoms with Gasteiger partial charge in [0.2, 0.25) is 5.88 Å². The molecular formula is C17H24N2O3. The Hall–Kier alpha value is -1.62. The minimum absolute atomic E-state index is 0.194. The molecule has 0 saturated heterocycles. The Morgan fingerprint density at radius 1 is 1.32 bits per heavy atom. The molecule has 5 heteroatoms. The van der Waals surface area contributed by atoms with Crippen LogP contribution in [-0.4, -0.2) is 34.8 Å². The molecule has 0 atom stereocenters. The fourth-order valence-corrected chi connectivity index (χ4v) is 2.82. The van der Waals surface area contributed by atoms with Crippen LogP contribution in [0, 0.1) is 5.92 Å². The van der Waals surface area contributed by atoms with Crippen LogP contribution < -0.4 is 10.1 Å². The van der Waals surface area contributed by atoms with E-state index in [0.29, 0.717) is 30.5 Å². The lowest BCUT2D eigenvalue weighted by molar-refractivity contribution is 0.00525. The van der Waals surface area contributed by atoms with E-state index in [1.165, 1.54) is 25.5 Å². The van der Waals surface area contributed by atoms with E-state index >= 15 is 0 Å². The van der Waals surface area contributed by atoms with Crippen molar-refractivity contribution in [2.75, 3.05) is 13.2 Å². The molecule has 5 nitrogen and oxygen atoms in total. The molecule has 0 radical (unpaired) electrons. The van der Waals surface area contributed by atoms with Crippen LogP contribution in [0.1, 0.15) is 55.3 Å². The minimum Gasteiger partial charge on any atom is -0.477 e. The average Bonchev–Trinajstić information content (AvgIpc) is 3.36. The lowest BCUT2D eigenvalue weighted by atomic mass is 9.85. The first-order chi connectivity index (χ1) is 10.6. The highest BCUT2D eigenvalue weighted by Crippen LogP contribution is 2.29.